The van der Waals surface area contributed by atoms with Crippen molar-refractivity contribution in [3.05, 3.63) is 0 Å². The van der Waals surface area contributed by atoms with Crippen LogP contribution in [-0.4, -0.2) is 64.0 Å². The molecule has 0 atom stereocenters. The highest BCUT2D eigenvalue weighted by Crippen LogP contribution is 1.72. The molecule has 0 heterocycles. The molecule has 0 saturated heterocycles. The third kappa shape index (κ3) is 14.3. The topological polar surface area (TPSA) is 35.6 Å². The molecule has 0 aromatic carbocycles. The standard InChI is InChI=1S/C5H12N2O.C4H11N/c1-6-4-5(8)7(2)3;1-4-5(2)3/h6H,4H2,1-3H3;4H2,1-3H3. The van der Waals surface area contributed by atoms with Crippen molar-refractivity contribution in [2.45, 2.75) is 6.92 Å². The van der Waals surface area contributed by atoms with Gasteiger partial charge in [-0.05, 0) is 27.7 Å². The van der Waals surface area contributed by atoms with Gasteiger partial charge in [0.05, 0.1) is 6.54 Å². The Hall–Kier alpha value is -0.610. The molecule has 0 unspecified atom stereocenters. The molecule has 0 aromatic rings. The SMILES string of the molecule is CCN(C)C.CNCC(=O)N(C)C. The zero-order valence-corrected chi connectivity index (χ0v) is 9.72. The molecule has 0 aliphatic rings. The fourth-order valence-electron chi connectivity index (χ4n) is 0.309. The third-order valence-electron chi connectivity index (χ3n) is 1.46. The van der Waals surface area contributed by atoms with E-state index in [-0.39, 0.29) is 5.91 Å². The number of carbonyl (C=O) groups excluding carboxylic acids is 1. The Labute approximate surface area is 81.9 Å². The van der Waals surface area contributed by atoms with E-state index in [9.17, 15) is 4.79 Å². The highest BCUT2D eigenvalue weighted by molar-refractivity contribution is 5.77. The van der Waals surface area contributed by atoms with E-state index in [1.807, 2.05) is 0 Å². The molecule has 1 N–H and O–H groups in total. The number of hydrogen-bond donors (Lipinski definition) is 1. The molecule has 0 bridgehead atoms. The highest BCUT2D eigenvalue weighted by Gasteiger charge is 1.98. The number of nitrogens with zero attached hydrogens (tertiary/aromatic N) is 2. The zero-order chi connectivity index (χ0) is 10.9. The van der Waals surface area contributed by atoms with Crippen LogP contribution in [0.5, 0.6) is 0 Å². The van der Waals surface area contributed by atoms with E-state index in [4.69, 9.17) is 0 Å². The summed E-state index contributed by atoms with van der Waals surface area (Å²) in [6.45, 7) is 3.69. The largest absolute Gasteiger partial charge is 0.348 e. The van der Waals surface area contributed by atoms with E-state index in [1.54, 1.807) is 26.0 Å². The Bertz CT molecular complexity index is 124. The van der Waals surface area contributed by atoms with Crippen LogP contribution < -0.4 is 5.32 Å². The maximum absolute atomic E-state index is 10.6. The van der Waals surface area contributed by atoms with Crippen molar-refractivity contribution in [1.82, 2.24) is 15.1 Å². The van der Waals surface area contributed by atoms with Crippen LogP contribution >= 0.6 is 0 Å². The summed E-state index contributed by atoms with van der Waals surface area (Å²) in [4.78, 5) is 14.3. The Morgan fingerprint density at radius 2 is 1.62 bits per heavy atom. The summed E-state index contributed by atoms with van der Waals surface area (Å²) in [5.41, 5.74) is 0. The number of rotatable bonds is 3. The maximum atomic E-state index is 10.6. The van der Waals surface area contributed by atoms with Crippen LogP contribution in [0.1, 0.15) is 6.92 Å². The van der Waals surface area contributed by atoms with Gasteiger partial charge in [-0.2, -0.15) is 0 Å². The van der Waals surface area contributed by atoms with Gasteiger partial charge in [-0.1, -0.05) is 6.92 Å². The molecule has 0 aliphatic heterocycles. The van der Waals surface area contributed by atoms with E-state index in [1.165, 1.54) is 0 Å². The predicted molar refractivity (Wildman–Crippen MR) is 56.8 cm³/mol. The molecule has 0 spiro atoms. The molecule has 1 amide bonds. The molecule has 80 valence electrons. The summed E-state index contributed by atoms with van der Waals surface area (Å²) in [7, 11) is 9.33. The number of nitrogens with one attached hydrogen (secondary N) is 1. The van der Waals surface area contributed by atoms with Gasteiger partial charge in [-0.15, -0.1) is 0 Å². The van der Waals surface area contributed by atoms with Gasteiger partial charge in [0.25, 0.3) is 0 Å². The minimum Gasteiger partial charge on any atom is -0.348 e. The van der Waals surface area contributed by atoms with Gasteiger partial charge in [0, 0.05) is 14.1 Å². The van der Waals surface area contributed by atoms with Crippen molar-refractivity contribution in [1.29, 1.82) is 0 Å². The molecule has 0 radical (unpaired) electrons. The Balaban J connectivity index is 0. The predicted octanol–water partition coefficient (Wildman–Crippen LogP) is -0.138. The van der Waals surface area contributed by atoms with Crippen molar-refractivity contribution in [3.63, 3.8) is 0 Å². The number of amides is 1. The average molecular weight is 189 g/mol. The van der Waals surface area contributed by atoms with Gasteiger partial charge < -0.3 is 15.1 Å². The van der Waals surface area contributed by atoms with Crippen LogP contribution in [0.2, 0.25) is 0 Å². The summed E-state index contributed by atoms with van der Waals surface area (Å²) < 4.78 is 0. The normalized spacial score (nSPS) is 9.15. The van der Waals surface area contributed by atoms with Crippen molar-refractivity contribution < 1.29 is 4.79 Å². The number of likely N-dealkylation sites (N-methyl/N-ethyl adjacent to an activating group) is 2. The molecule has 0 saturated carbocycles. The second-order valence-electron chi connectivity index (χ2n) is 3.21. The lowest BCUT2D eigenvalue weighted by Crippen LogP contribution is -2.30. The smallest absolute Gasteiger partial charge is 0.235 e. The lowest BCUT2D eigenvalue weighted by atomic mass is 10.5. The summed E-state index contributed by atoms with van der Waals surface area (Å²) in [6.07, 6.45) is 0. The molecule has 0 rings (SSSR count). The fourth-order valence-corrected chi connectivity index (χ4v) is 0.309. The minimum atomic E-state index is 0.104. The number of hydrogen-bond acceptors (Lipinski definition) is 3. The minimum absolute atomic E-state index is 0.104. The van der Waals surface area contributed by atoms with E-state index >= 15 is 0 Å². The lowest BCUT2D eigenvalue weighted by molar-refractivity contribution is -0.127. The molecule has 0 aliphatic carbocycles. The van der Waals surface area contributed by atoms with Crippen molar-refractivity contribution in [2.75, 3.05) is 48.3 Å². The lowest BCUT2D eigenvalue weighted by Gasteiger charge is -2.07. The van der Waals surface area contributed by atoms with Crippen LogP contribution in [0, 0.1) is 0 Å². The fraction of sp³-hybridized carbons (Fsp3) is 0.889. The molecule has 0 aromatic heterocycles. The van der Waals surface area contributed by atoms with E-state index in [2.05, 4.69) is 31.2 Å². The molecular weight excluding hydrogens is 166 g/mol. The van der Waals surface area contributed by atoms with Gasteiger partial charge in [-0.3, -0.25) is 4.79 Å². The highest BCUT2D eigenvalue weighted by atomic mass is 16.2. The first-order chi connectivity index (χ1) is 5.95. The van der Waals surface area contributed by atoms with Crippen LogP contribution in [0.15, 0.2) is 0 Å². The molecule has 0 fully saturated rings. The van der Waals surface area contributed by atoms with Crippen LogP contribution in [-0.2, 0) is 4.79 Å². The van der Waals surface area contributed by atoms with Crippen LogP contribution in [0.3, 0.4) is 0 Å². The monoisotopic (exact) mass is 189 g/mol. The van der Waals surface area contributed by atoms with Gasteiger partial charge in [0.2, 0.25) is 5.91 Å². The van der Waals surface area contributed by atoms with Crippen molar-refractivity contribution in [3.8, 4) is 0 Å². The Morgan fingerprint density at radius 3 is 1.69 bits per heavy atom. The first kappa shape index (κ1) is 14.9. The van der Waals surface area contributed by atoms with Gasteiger partial charge in [0.1, 0.15) is 0 Å². The van der Waals surface area contributed by atoms with Crippen molar-refractivity contribution >= 4 is 5.91 Å². The van der Waals surface area contributed by atoms with E-state index in [0.717, 1.165) is 6.54 Å². The van der Waals surface area contributed by atoms with Crippen molar-refractivity contribution in [2.24, 2.45) is 0 Å². The summed E-state index contributed by atoms with van der Waals surface area (Å²) >= 11 is 0. The molecule has 13 heavy (non-hydrogen) atoms. The quantitative estimate of drug-likeness (QED) is 0.671. The second-order valence-corrected chi connectivity index (χ2v) is 3.21. The Kier molecular flexibility index (Phi) is 10.9. The molecule has 4 heteroatoms. The third-order valence-corrected chi connectivity index (χ3v) is 1.46. The summed E-state index contributed by atoms with van der Waals surface area (Å²) in [5, 5.41) is 2.76. The maximum Gasteiger partial charge on any atom is 0.235 e. The Morgan fingerprint density at radius 1 is 1.23 bits per heavy atom. The number of carbonyl (C=O) groups is 1. The molecule has 4 nitrogen and oxygen atoms in total. The zero-order valence-electron chi connectivity index (χ0n) is 9.72. The second kappa shape index (κ2) is 9.48. The molecular formula is C9H23N3O. The summed E-state index contributed by atoms with van der Waals surface area (Å²) in [6, 6.07) is 0. The first-order valence-electron chi connectivity index (χ1n) is 4.45. The van der Waals surface area contributed by atoms with Crippen LogP contribution in [0.4, 0.5) is 0 Å². The van der Waals surface area contributed by atoms with Crippen LogP contribution in [0.25, 0.3) is 0 Å². The van der Waals surface area contributed by atoms with Gasteiger partial charge in [-0.25, -0.2) is 0 Å². The van der Waals surface area contributed by atoms with Gasteiger partial charge >= 0.3 is 0 Å². The van der Waals surface area contributed by atoms with Gasteiger partial charge in [0.15, 0.2) is 0 Å². The average Bonchev–Trinajstić information content (AvgIpc) is 2.06. The first-order valence-corrected chi connectivity index (χ1v) is 4.45. The summed E-state index contributed by atoms with van der Waals surface area (Å²) in [5.74, 6) is 0.104. The van der Waals surface area contributed by atoms with E-state index < -0.39 is 0 Å². The van der Waals surface area contributed by atoms with E-state index in [0.29, 0.717) is 6.54 Å².